The van der Waals surface area contributed by atoms with Crippen LogP contribution in [0.1, 0.15) is 11.1 Å². The molecule has 3 N–H and O–H groups in total. The number of nitrogens with zero attached hydrogens (tertiary/aromatic N) is 3. The van der Waals surface area contributed by atoms with Crippen molar-refractivity contribution in [3.63, 3.8) is 0 Å². The lowest BCUT2D eigenvalue weighted by atomic mass is 10.1. The predicted octanol–water partition coefficient (Wildman–Crippen LogP) is 1.56. The molecule has 1 aromatic carbocycles. The summed E-state index contributed by atoms with van der Waals surface area (Å²) in [7, 11) is 1.88. The van der Waals surface area contributed by atoms with E-state index in [-0.39, 0.29) is 5.84 Å². The maximum Gasteiger partial charge on any atom is 0.195 e. The van der Waals surface area contributed by atoms with Crippen LogP contribution in [0.15, 0.2) is 34.6 Å². The Labute approximate surface area is 104 Å². The molecule has 0 unspecified atom stereocenters. The number of nitrogens with one attached hydrogen (secondary N) is 1. The van der Waals surface area contributed by atoms with E-state index in [1.165, 1.54) is 11.8 Å². The summed E-state index contributed by atoms with van der Waals surface area (Å²) in [6, 6.07) is 5.80. The molecule has 2 aromatic rings. The van der Waals surface area contributed by atoms with E-state index in [4.69, 9.17) is 11.1 Å². The van der Waals surface area contributed by atoms with Crippen LogP contribution < -0.4 is 5.73 Å². The summed E-state index contributed by atoms with van der Waals surface area (Å²) in [5.74, 6) is 0.0645. The van der Waals surface area contributed by atoms with Gasteiger partial charge in [-0.25, -0.2) is 0 Å². The third-order valence-corrected chi connectivity index (χ3v) is 3.41. The largest absolute Gasteiger partial charge is 0.384 e. The lowest BCUT2D eigenvalue weighted by Crippen LogP contribution is -2.12. The fourth-order valence-electron chi connectivity index (χ4n) is 1.40. The van der Waals surface area contributed by atoms with Crippen molar-refractivity contribution in [2.45, 2.75) is 17.0 Å². The molecule has 0 amide bonds. The van der Waals surface area contributed by atoms with Crippen molar-refractivity contribution < 1.29 is 0 Å². The molecular formula is C11H13N5S. The molecule has 0 aliphatic carbocycles. The number of aromatic nitrogens is 3. The van der Waals surface area contributed by atoms with Crippen molar-refractivity contribution in [1.82, 2.24) is 14.8 Å². The van der Waals surface area contributed by atoms with Crippen LogP contribution in [0.4, 0.5) is 0 Å². The average Bonchev–Trinajstić information content (AvgIpc) is 2.64. The van der Waals surface area contributed by atoms with Gasteiger partial charge >= 0.3 is 0 Å². The van der Waals surface area contributed by atoms with Crippen molar-refractivity contribution >= 4 is 17.6 Å². The third kappa shape index (κ3) is 2.47. The molecule has 0 aliphatic heterocycles. The van der Waals surface area contributed by atoms with E-state index in [9.17, 15) is 0 Å². The van der Waals surface area contributed by atoms with Gasteiger partial charge in [-0.05, 0) is 36.4 Å². The van der Waals surface area contributed by atoms with Crippen LogP contribution in [-0.4, -0.2) is 20.6 Å². The van der Waals surface area contributed by atoms with Crippen LogP contribution in [-0.2, 0) is 7.05 Å². The number of rotatable bonds is 3. The van der Waals surface area contributed by atoms with Gasteiger partial charge in [0.2, 0.25) is 0 Å². The number of hydrogen-bond donors (Lipinski definition) is 2. The first-order chi connectivity index (χ1) is 8.08. The molecule has 0 saturated heterocycles. The predicted molar refractivity (Wildman–Crippen MR) is 67.3 cm³/mol. The minimum Gasteiger partial charge on any atom is -0.384 e. The Hall–Kier alpha value is -1.82. The SMILES string of the molecule is Cc1ccc(C(=N)N)c(Sc2nncn2C)c1. The average molecular weight is 247 g/mol. The van der Waals surface area contributed by atoms with Gasteiger partial charge in [0.15, 0.2) is 5.16 Å². The van der Waals surface area contributed by atoms with E-state index in [2.05, 4.69) is 10.2 Å². The van der Waals surface area contributed by atoms with Gasteiger partial charge in [-0.2, -0.15) is 0 Å². The topological polar surface area (TPSA) is 80.6 Å². The van der Waals surface area contributed by atoms with Crippen LogP contribution in [0.2, 0.25) is 0 Å². The van der Waals surface area contributed by atoms with E-state index in [0.29, 0.717) is 0 Å². The summed E-state index contributed by atoms with van der Waals surface area (Å²) in [4.78, 5) is 0.925. The van der Waals surface area contributed by atoms with Crippen LogP contribution in [0.25, 0.3) is 0 Å². The van der Waals surface area contributed by atoms with Crippen LogP contribution in [0.3, 0.4) is 0 Å². The molecule has 1 heterocycles. The van der Waals surface area contributed by atoms with Crippen molar-refractivity contribution in [1.29, 1.82) is 5.41 Å². The van der Waals surface area contributed by atoms with E-state index in [1.54, 1.807) is 6.33 Å². The number of benzene rings is 1. The van der Waals surface area contributed by atoms with Gasteiger partial charge < -0.3 is 10.3 Å². The van der Waals surface area contributed by atoms with Gasteiger partial charge in [-0.15, -0.1) is 10.2 Å². The number of aryl methyl sites for hydroxylation is 2. The van der Waals surface area contributed by atoms with E-state index < -0.39 is 0 Å². The van der Waals surface area contributed by atoms with Gasteiger partial charge in [-0.3, -0.25) is 5.41 Å². The van der Waals surface area contributed by atoms with E-state index in [1.807, 2.05) is 36.7 Å². The molecule has 0 radical (unpaired) electrons. The van der Waals surface area contributed by atoms with Crippen molar-refractivity contribution in [3.8, 4) is 0 Å². The highest BCUT2D eigenvalue weighted by molar-refractivity contribution is 7.99. The highest BCUT2D eigenvalue weighted by Gasteiger charge is 2.10. The summed E-state index contributed by atoms with van der Waals surface area (Å²) in [6.07, 6.45) is 1.64. The minimum absolute atomic E-state index is 0.0645. The first kappa shape index (κ1) is 11.7. The molecule has 6 heteroatoms. The van der Waals surface area contributed by atoms with Crippen molar-refractivity contribution in [2.24, 2.45) is 12.8 Å². The number of nitrogen functional groups attached to an aromatic ring is 1. The molecule has 0 fully saturated rings. The first-order valence-corrected chi connectivity index (χ1v) is 5.86. The molecular weight excluding hydrogens is 234 g/mol. The zero-order valence-electron chi connectivity index (χ0n) is 9.64. The van der Waals surface area contributed by atoms with Crippen LogP contribution in [0, 0.1) is 12.3 Å². The molecule has 1 aromatic heterocycles. The molecule has 0 spiro atoms. The molecule has 0 saturated carbocycles. The zero-order chi connectivity index (χ0) is 12.4. The number of nitrogens with two attached hydrogens (primary N) is 1. The monoisotopic (exact) mass is 247 g/mol. The lowest BCUT2D eigenvalue weighted by molar-refractivity contribution is 0.788. The molecule has 2 rings (SSSR count). The molecule has 88 valence electrons. The summed E-state index contributed by atoms with van der Waals surface area (Å²) >= 11 is 1.46. The highest BCUT2D eigenvalue weighted by Crippen LogP contribution is 2.29. The second-order valence-electron chi connectivity index (χ2n) is 3.74. The maximum atomic E-state index is 7.55. The number of amidine groups is 1. The smallest absolute Gasteiger partial charge is 0.195 e. The Morgan fingerprint density at radius 2 is 2.24 bits per heavy atom. The second-order valence-corrected chi connectivity index (χ2v) is 4.75. The normalized spacial score (nSPS) is 10.5. The Kier molecular flexibility index (Phi) is 3.14. The standard InChI is InChI=1S/C11H13N5S/c1-7-3-4-8(10(12)13)9(5-7)17-11-15-14-6-16(11)2/h3-6H,1-2H3,(H3,12,13). The Morgan fingerprint density at radius 1 is 1.47 bits per heavy atom. The van der Waals surface area contributed by atoms with Gasteiger partial charge in [0.1, 0.15) is 12.2 Å². The number of hydrogen-bond acceptors (Lipinski definition) is 4. The summed E-state index contributed by atoms with van der Waals surface area (Å²) in [6.45, 7) is 2.00. The van der Waals surface area contributed by atoms with Crippen molar-refractivity contribution in [3.05, 3.63) is 35.7 Å². The van der Waals surface area contributed by atoms with Gasteiger partial charge in [0.05, 0.1) is 0 Å². The molecule has 0 atom stereocenters. The van der Waals surface area contributed by atoms with Gasteiger partial charge in [-0.1, -0.05) is 6.07 Å². The zero-order valence-corrected chi connectivity index (χ0v) is 10.5. The Morgan fingerprint density at radius 3 is 2.82 bits per heavy atom. The first-order valence-electron chi connectivity index (χ1n) is 5.05. The van der Waals surface area contributed by atoms with Gasteiger partial charge in [0, 0.05) is 17.5 Å². The van der Waals surface area contributed by atoms with E-state index in [0.717, 1.165) is 21.2 Å². The summed E-state index contributed by atoms with van der Waals surface area (Å²) in [5.41, 5.74) is 7.41. The molecule has 5 nitrogen and oxygen atoms in total. The van der Waals surface area contributed by atoms with Crippen LogP contribution >= 0.6 is 11.8 Å². The maximum absolute atomic E-state index is 7.55. The van der Waals surface area contributed by atoms with Gasteiger partial charge in [0.25, 0.3) is 0 Å². The molecule has 0 bridgehead atoms. The highest BCUT2D eigenvalue weighted by atomic mass is 32.2. The minimum atomic E-state index is 0.0645. The quantitative estimate of drug-likeness (QED) is 0.637. The van der Waals surface area contributed by atoms with E-state index >= 15 is 0 Å². The Bertz CT molecular complexity index is 561. The third-order valence-electron chi connectivity index (χ3n) is 2.30. The van der Waals surface area contributed by atoms with Crippen molar-refractivity contribution in [2.75, 3.05) is 0 Å². The summed E-state index contributed by atoms with van der Waals surface area (Å²) in [5, 5.41) is 16.2. The lowest BCUT2D eigenvalue weighted by Gasteiger charge is -2.08. The van der Waals surface area contributed by atoms with Crippen LogP contribution in [0.5, 0.6) is 0 Å². The fraction of sp³-hybridized carbons (Fsp3) is 0.182. The fourth-order valence-corrected chi connectivity index (χ4v) is 2.41. The Balaban J connectivity index is 2.41. The second kappa shape index (κ2) is 4.58. The molecule has 0 aliphatic rings. The molecule has 17 heavy (non-hydrogen) atoms. The summed E-state index contributed by atoms with van der Waals surface area (Å²) < 4.78 is 1.83.